The zero-order valence-corrected chi connectivity index (χ0v) is 22.5. The number of hydrogen-bond donors (Lipinski definition) is 3. The molecule has 2 atom stereocenters. The molecule has 3 N–H and O–H groups in total. The first-order valence-corrected chi connectivity index (χ1v) is 12.9. The van der Waals surface area contributed by atoms with Gasteiger partial charge in [0.1, 0.15) is 11.5 Å². The van der Waals surface area contributed by atoms with E-state index in [0.717, 1.165) is 42.5 Å². The van der Waals surface area contributed by atoms with E-state index in [-0.39, 0.29) is 18.0 Å². The van der Waals surface area contributed by atoms with Gasteiger partial charge in [0.15, 0.2) is 0 Å². The summed E-state index contributed by atoms with van der Waals surface area (Å²) in [6.07, 6.45) is 4.11. The maximum Gasteiger partial charge on any atom is 0.404 e. The fourth-order valence-electron chi connectivity index (χ4n) is 5.36. The van der Waals surface area contributed by atoms with Crippen LogP contribution in [0, 0.1) is 6.92 Å². The summed E-state index contributed by atoms with van der Waals surface area (Å²) < 4.78 is 12.6. The fraction of sp³-hybridized carbons (Fsp3) is 0.444. The summed E-state index contributed by atoms with van der Waals surface area (Å²) in [6.45, 7) is 2.55. The lowest BCUT2D eigenvalue weighted by atomic mass is 9.90. The van der Waals surface area contributed by atoms with Crippen LogP contribution in [0.3, 0.4) is 0 Å². The van der Waals surface area contributed by atoms with Crippen LogP contribution in [0.1, 0.15) is 53.0 Å². The second-order valence-corrected chi connectivity index (χ2v) is 9.92. The van der Waals surface area contributed by atoms with Crippen LogP contribution in [0.25, 0.3) is 11.3 Å². The number of carboxylic acid groups (broad SMARTS) is 1. The highest BCUT2D eigenvalue weighted by molar-refractivity contribution is 6.03. The monoisotopic (exact) mass is 535 g/mol. The molecular formula is C27H33N7O5. The quantitative estimate of drug-likeness (QED) is 0.395. The van der Waals surface area contributed by atoms with Gasteiger partial charge in [0.25, 0.3) is 5.91 Å². The second-order valence-electron chi connectivity index (χ2n) is 9.92. The van der Waals surface area contributed by atoms with E-state index in [1.165, 1.54) is 0 Å². The van der Waals surface area contributed by atoms with Gasteiger partial charge < -0.3 is 30.1 Å². The number of anilines is 1. The Kier molecular flexibility index (Phi) is 7.27. The Morgan fingerprint density at radius 2 is 1.92 bits per heavy atom. The molecule has 3 heterocycles. The molecule has 12 nitrogen and oxygen atoms in total. The van der Waals surface area contributed by atoms with E-state index in [9.17, 15) is 14.7 Å². The predicted molar refractivity (Wildman–Crippen MR) is 143 cm³/mol. The van der Waals surface area contributed by atoms with E-state index in [4.69, 9.17) is 19.4 Å². The van der Waals surface area contributed by atoms with Crippen molar-refractivity contribution in [2.24, 2.45) is 7.05 Å². The van der Waals surface area contributed by atoms with Crippen LogP contribution < -0.4 is 20.1 Å². The number of amides is 2. The van der Waals surface area contributed by atoms with Crippen molar-refractivity contribution in [3.63, 3.8) is 0 Å². The number of carbonyl (C=O) groups excluding carboxylic acids is 1. The molecule has 39 heavy (non-hydrogen) atoms. The normalized spacial score (nSPS) is 18.6. The summed E-state index contributed by atoms with van der Waals surface area (Å²) in [4.78, 5) is 36.4. The van der Waals surface area contributed by atoms with Crippen molar-refractivity contribution in [2.45, 2.75) is 57.8 Å². The fourth-order valence-corrected chi connectivity index (χ4v) is 5.36. The summed E-state index contributed by atoms with van der Waals surface area (Å²) in [7, 11) is 5.02. The van der Waals surface area contributed by atoms with E-state index < -0.39 is 6.09 Å². The number of nitrogens with zero attached hydrogens (tertiary/aromatic N) is 5. The van der Waals surface area contributed by atoms with Crippen LogP contribution in [-0.2, 0) is 20.1 Å². The van der Waals surface area contributed by atoms with Crippen molar-refractivity contribution < 1.29 is 24.2 Å². The highest BCUT2D eigenvalue weighted by Gasteiger charge is 2.35. The Labute approximate surface area is 226 Å². The van der Waals surface area contributed by atoms with E-state index in [0.29, 0.717) is 47.5 Å². The number of aryl methyl sites for hydroxylation is 1. The van der Waals surface area contributed by atoms with E-state index in [1.807, 2.05) is 26.1 Å². The molecule has 1 aliphatic heterocycles. The van der Waals surface area contributed by atoms with Crippen LogP contribution in [0.4, 0.5) is 10.7 Å². The predicted octanol–water partition coefficient (Wildman–Crippen LogP) is 3.35. The third-order valence-electron chi connectivity index (χ3n) is 7.56. The average molecular weight is 536 g/mol. The Morgan fingerprint density at radius 3 is 2.59 bits per heavy atom. The van der Waals surface area contributed by atoms with Crippen LogP contribution in [0.5, 0.6) is 11.5 Å². The third-order valence-corrected chi connectivity index (χ3v) is 7.56. The number of fused-ring (bicyclic) bond motifs is 1. The number of carbonyl (C=O) groups is 2. The number of methoxy groups -OCH3 is 2. The van der Waals surface area contributed by atoms with Gasteiger partial charge in [0.2, 0.25) is 5.95 Å². The minimum atomic E-state index is -1.05. The summed E-state index contributed by atoms with van der Waals surface area (Å²) in [5, 5.41) is 19.7. The van der Waals surface area contributed by atoms with E-state index in [1.54, 1.807) is 36.1 Å². The highest BCUT2D eigenvalue weighted by atomic mass is 16.5. The van der Waals surface area contributed by atoms with Crippen LogP contribution in [0.15, 0.2) is 24.4 Å². The molecule has 2 aliphatic rings. The number of aromatic nitrogens is 4. The third kappa shape index (κ3) is 5.18. The van der Waals surface area contributed by atoms with Crippen molar-refractivity contribution in [3.8, 4) is 22.8 Å². The molecule has 1 saturated carbocycles. The first-order valence-electron chi connectivity index (χ1n) is 12.9. The molecule has 0 radical (unpaired) electrons. The largest absolute Gasteiger partial charge is 0.497 e. The molecule has 2 amide bonds. The van der Waals surface area contributed by atoms with Gasteiger partial charge in [-0.05, 0) is 31.9 Å². The molecule has 1 aromatic carbocycles. The van der Waals surface area contributed by atoms with E-state index >= 15 is 0 Å². The van der Waals surface area contributed by atoms with Gasteiger partial charge in [-0.15, -0.1) is 0 Å². The Morgan fingerprint density at radius 1 is 1.15 bits per heavy atom. The minimum Gasteiger partial charge on any atom is -0.497 e. The number of hydrogen-bond acceptors (Lipinski definition) is 8. The SMILES string of the molecule is COc1ccc(CN2Cc3nc(NC4CCCCC4NC(=O)O)nc(-c4cnn(C)c4C)c3C2=O)c(OC)c1. The van der Waals surface area contributed by atoms with Gasteiger partial charge in [0.05, 0.1) is 56.5 Å². The summed E-state index contributed by atoms with van der Waals surface area (Å²) in [6, 6.07) is 5.10. The molecule has 1 fully saturated rings. The topological polar surface area (TPSA) is 144 Å². The summed E-state index contributed by atoms with van der Waals surface area (Å²) >= 11 is 0. The van der Waals surface area contributed by atoms with E-state index in [2.05, 4.69) is 15.7 Å². The van der Waals surface area contributed by atoms with Gasteiger partial charge in [-0.1, -0.05) is 12.8 Å². The van der Waals surface area contributed by atoms with Gasteiger partial charge in [-0.3, -0.25) is 9.48 Å². The highest BCUT2D eigenvalue weighted by Crippen LogP contribution is 2.35. The number of rotatable bonds is 8. The van der Waals surface area contributed by atoms with Crippen molar-refractivity contribution in [2.75, 3.05) is 19.5 Å². The standard InChI is InChI=1S/C27H33N7O5/c1-15-18(12-28-33(15)2)24-23-21(30-26(32-24)29-19-7-5-6-8-20(19)31-27(36)37)14-34(25(23)35)13-16-9-10-17(38-3)11-22(16)39-4/h9-12,19-20,31H,5-8,13-14H2,1-4H3,(H,36,37)(H,29,30,32). The number of ether oxygens (including phenoxy) is 2. The lowest BCUT2D eigenvalue weighted by Gasteiger charge is -2.32. The molecule has 2 unspecified atom stereocenters. The minimum absolute atomic E-state index is 0.160. The molecule has 5 rings (SSSR count). The summed E-state index contributed by atoms with van der Waals surface area (Å²) in [5.41, 5.74) is 4.04. The lowest BCUT2D eigenvalue weighted by molar-refractivity contribution is 0.0765. The number of benzene rings is 1. The molecular weight excluding hydrogens is 502 g/mol. The number of nitrogens with one attached hydrogen (secondary N) is 2. The summed E-state index contributed by atoms with van der Waals surface area (Å²) in [5.74, 6) is 1.49. The van der Waals surface area contributed by atoms with Crippen LogP contribution in [0.2, 0.25) is 0 Å². The molecule has 1 aliphatic carbocycles. The lowest BCUT2D eigenvalue weighted by Crippen LogP contribution is -2.48. The van der Waals surface area contributed by atoms with Gasteiger partial charge in [0, 0.05) is 36.0 Å². The van der Waals surface area contributed by atoms with Crippen LogP contribution in [-0.4, -0.2) is 68.1 Å². The van der Waals surface area contributed by atoms with Crippen LogP contribution >= 0.6 is 0 Å². The Hall–Kier alpha value is -4.35. The first kappa shape index (κ1) is 26.3. The molecule has 0 spiro atoms. The van der Waals surface area contributed by atoms with Gasteiger partial charge in [-0.2, -0.15) is 5.10 Å². The van der Waals surface area contributed by atoms with Gasteiger partial charge in [-0.25, -0.2) is 14.8 Å². The zero-order chi connectivity index (χ0) is 27.7. The molecule has 206 valence electrons. The maximum atomic E-state index is 13.8. The van der Waals surface area contributed by atoms with Crippen molar-refractivity contribution in [1.29, 1.82) is 0 Å². The van der Waals surface area contributed by atoms with Crippen molar-refractivity contribution in [3.05, 3.63) is 46.9 Å². The smallest absolute Gasteiger partial charge is 0.404 e. The van der Waals surface area contributed by atoms with Gasteiger partial charge >= 0.3 is 6.09 Å². The first-order chi connectivity index (χ1) is 18.8. The maximum absolute atomic E-state index is 13.8. The molecule has 2 aromatic heterocycles. The average Bonchev–Trinajstić information content (AvgIpc) is 3.42. The van der Waals surface area contributed by atoms with Crippen molar-refractivity contribution >= 4 is 17.9 Å². The zero-order valence-electron chi connectivity index (χ0n) is 22.5. The second kappa shape index (κ2) is 10.8. The molecule has 3 aromatic rings. The van der Waals surface area contributed by atoms with Crippen molar-refractivity contribution in [1.82, 2.24) is 30.0 Å². The molecule has 0 saturated heterocycles. The molecule has 0 bridgehead atoms. The Bertz CT molecular complexity index is 1410. The Balaban J connectivity index is 1.50. The molecule has 12 heteroatoms.